The molecule has 1 unspecified atom stereocenters. The zero-order valence-corrected chi connectivity index (χ0v) is 17.4. The molecular formula is C22H23FN2O4S. The molecule has 3 aromatic rings. The molecule has 0 bridgehead atoms. The van der Waals surface area contributed by atoms with Crippen molar-refractivity contribution in [2.24, 2.45) is 0 Å². The molecule has 2 aromatic carbocycles. The molecule has 0 saturated carbocycles. The maximum absolute atomic E-state index is 13.3. The molecule has 8 heteroatoms. The topological polar surface area (TPSA) is 79.5 Å². The van der Waals surface area contributed by atoms with E-state index in [1.165, 1.54) is 16.4 Å². The van der Waals surface area contributed by atoms with Gasteiger partial charge in [0.05, 0.1) is 16.5 Å². The lowest BCUT2D eigenvalue weighted by Crippen LogP contribution is -2.38. The minimum absolute atomic E-state index is 0.0186. The maximum Gasteiger partial charge on any atom is 0.252 e. The molecule has 158 valence electrons. The van der Waals surface area contributed by atoms with E-state index < -0.39 is 15.8 Å². The van der Waals surface area contributed by atoms with Gasteiger partial charge in [-0.1, -0.05) is 18.2 Å². The second-order valence-electron chi connectivity index (χ2n) is 7.55. The average molecular weight is 431 g/mol. The van der Waals surface area contributed by atoms with E-state index in [0.717, 1.165) is 41.4 Å². The number of sulfonamides is 1. The van der Waals surface area contributed by atoms with Crippen molar-refractivity contribution in [1.29, 1.82) is 0 Å². The summed E-state index contributed by atoms with van der Waals surface area (Å²) in [7, 11) is -3.95. The number of benzene rings is 2. The van der Waals surface area contributed by atoms with Crippen molar-refractivity contribution in [3.05, 3.63) is 75.8 Å². The summed E-state index contributed by atoms with van der Waals surface area (Å²) in [6, 6.07) is 12.1. The Hall–Kier alpha value is -2.55. The van der Waals surface area contributed by atoms with Gasteiger partial charge in [0.15, 0.2) is 0 Å². The average Bonchev–Trinajstić information content (AvgIpc) is 3.22. The molecule has 1 aliphatic rings. The lowest BCUT2D eigenvalue weighted by Gasteiger charge is -2.25. The van der Waals surface area contributed by atoms with Gasteiger partial charge in [-0.25, -0.2) is 12.8 Å². The molecule has 1 saturated heterocycles. The van der Waals surface area contributed by atoms with Gasteiger partial charge >= 0.3 is 0 Å². The van der Waals surface area contributed by atoms with Crippen LogP contribution in [0.4, 0.5) is 4.39 Å². The fourth-order valence-corrected chi connectivity index (χ4v) is 5.20. The van der Waals surface area contributed by atoms with Crippen LogP contribution in [0.3, 0.4) is 0 Å². The predicted molar refractivity (Wildman–Crippen MR) is 112 cm³/mol. The third-order valence-electron chi connectivity index (χ3n) is 5.39. The van der Waals surface area contributed by atoms with Crippen molar-refractivity contribution >= 4 is 20.9 Å². The first-order valence-corrected chi connectivity index (χ1v) is 11.3. The van der Waals surface area contributed by atoms with Gasteiger partial charge in [0, 0.05) is 25.3 Å². The van der Waals surface area contributed by atoms with E-state index >= 15 is 0 Å². The Morgan fingerprint density at radius 2 is 1.97 bits per heavy atom. The summed E-state index contributed by atoms with van der Waals surface area (Å²) in [6.07, 6.45) is 1.38. The Balaban J connectivity index is 1.73. The molecule has 1 fully saturated rings. The van der Waals surface area contributed by atoms with Gasteiger partial charge in [0.2, 0.25) is 10.0 Å². The highest BCUT2D eigenvalue weighted by molar-refractivity contribution is 7.89. The normalized spacial score (nSPS) is 17.1. The molecule has 6 nitrogen and oxygen atoms in total. The number of pyridine rings is 1. The van der Waals surface area contributed by atoms with Crippen LogP contribution in [0, 0.1) is 12.7 Å². The Kier molecular flexibility index (Phi) is 5.73. The molecule has 4 rings (SSSR count). The minimum atomic E-state index is -3.95. The second kappa shape index (κ2) is 8.29. The van der Waals surface area contributed by atoms with E-state index in [0.29, 0.717) is 12.2 Å². The molecule has 1 aromatic heterocycles. The van der Waals surface area contributed by atoms with Gasteiger partial charge < -0.3 is 9.72 Å². The number of aryl methyl sites for hydroxylation is 1. The molecule has 30 heavy (non-hydrogen) atoms. The summed E-state index contributed by atoms with van der Waals surface area (Å²) >= 11 is 0. The zero-order chi connectivity index (χ0) is 21.3. The Labute approximate surface area is 174 Å². The number of rotatable bonds is 6. The first-order chi connectivity index (χ1) is 14.3. The van der Waals surface area contributed by atoms with Crippen LogP contribution in [0.15, 0.2) is 58.2 Å². The summed E-state index contributed by atoms with van der Waals surface area (Å²) < 4.78 is 46.8. The molecule has 0 spiro atoms. The summed E-state index contributed by atoms with van der Waals surface area (Å²) in [6.45, 7) is 2.52. The molecule has 0 aliphatic carbocycles. The highest BCUT2D eigenvalue weighted by Crippen LogP contribution is 2.23. The van der Waals surface area contributed by atoms with Crippen LogP contribution < -0.4 is 5.56 Å². The first-order valence-electron chi connectivity index (χ1n) is 9.83. The number of nitrogens with zero attached hydrogens (tertiary/aromatic N) is 1. The predicted octanol–water partition coefficient (Wildman–Crippen LogP) is 3.35. The zero-order valence-electron chi connectivity index (χ0n) is 16.6. The van der Waals surface area contributed by atoms with Crippen LogP contribution in [-0.2, 0) is 21.3 Å². The summed E-state index contributed by atoms with van der Waals surface area (Å²) in [5.41, 5.74) is 1.69. The number of aromatic nitrogens is 1. The van der Waals surface area contributed by atoms with E-state index in [-0.39, 0.29) is 29.6 Å². The van der Waals surface area contributed by atoms with Gasteiger partial charge in [-0.15, -0.1) is 0 Å². The Morgan fingerprint density at radius 3 is 2.67 bits per heavy atom. The largest absolute Gasteiger partial charge is 0.377 e. The third kappa shape index (κ3) is 4.16. The summed E-state index contributed by atoms with van der Waals surface area (Å²) in [5.74, 6) is -0.513. The van der Waals surface area contributed by atoms with Crippen LogP contribution in [0.25, 0.3) is 10.9 Å². The van der Waals surface area contributed by atoms with Crippen molar-refractivity contribution < 1.29 is 17.5 Å². The third-order valence-corrected chi connectivity index (χ3v) is 7.22. The highest BCUT2D eigenvalue weighted by Gasteiger charge is 2.30. The first kappa shape index (κ1) is 20.7. The molecule has 1 atom stereocenters. The van der Waals surface area contributed by atoms with Crippen molar-refractivity contribution in [3.8, 4) is 0 Å². The van der Waals surface area contributed by atoms with Gasteiger partial charge in [-0.2, -0.15) is 4.31 Å². The number of hydrogen-bond donors (Lipinski definition) is 1. The van der Waals surface area contributed by atoms with Crippen molar-refractivity contribution in [2.45, 2.75) is 37.3 Å². The standard InChI is InChI=1S/C22H23FN2O4S/c1-15-4-2-5-16-12-17(22(26)24-21(15)16)13-25(14-19-6-3-11-29-19)30(27,28)20-9-7-18(23)8-10-20/h2,4-5,7-10,12,19H,3,6,11,13-14H2,1H3,(H,24,26). The number of hydrogen-bond acceptors (Lipinski definition) is 4. The van der Waals surface area contributed by atoms with E-state index in [2.05, 4.69) is 4.98 Å². The molecule has 0 amide bonds. The van der Waals surface area contributed by atoms with Crippen molar-refractivity contribution in [3.63, 3.8) is 0 Å². The second-order valence-corrected chi connectivity index (χ2v) is 9.49. The number of halogens is 1. The Morgan fingerprint density at radius 1 is 1.20 bits per heavy atom. The highest BCUT2D eigenvalue weighted by atomic mass is 32.2. The van der Waals surface area contributed by atoms with Crippen LogP contribution in [0.5, 0.6) is 0 Å². The molecule has 1 aliphatic heterocycles. The number of fused-ring (bicyclic) bond motifs is 1. The van der Waals surface area contributed by atoms with Crippen LogP contribution >= 0.6 is 0 Å². The number of para-hydroxylation sites is 1. The van der Waals surface area contributed by atoms with Gasteiger partial charge in [-0.3, -0.25) is 4.79 Å². The molecule has 2 heterocycles. The number of H-pyrrole nitrogens is 1. The van der Waals surface area contributed by atoms with E-state index in [4.69, 9.17) is 4.74 Å². The minimum Gasteiger partial charge on any atom is -0.377 e. The van der Waals surface area contributed by atoms with Crippen LogP contribution in [0.2, 0.25) is 0 Å². The lowest BCUT2D eigenvalue weighted by atomic mass is 10.1. The van der Waals surface area contributed by atoms with Crippen molar-refractivity contribution in [1.82, 2.24) is 9.29 Å². The smallest absolute Gasteiger partial charge is 0.252 e. The molecular weight excluding hydrogens is 407 g/mol. The number of nitrogens with one attached hydrogen (secondary N) is 1. The molecule has 0 radical (unpaired) electrons. The summed E-state index contributed by atoms with van der Waals surface area (Å²) in [5, 5.41) is 0.834. The quantitative estimate of drug-likeness (QED) is 0.651. The fourth-order valence-electron chi connectivity index (χ4n) is 3.75. The fraction of sp³-hybridized carbons (Fsp3) is 0.318. The molecule has 1 N–H and O–H groups in total. The monoisotopic (exact) mass is 430 g/mol. The van der Waals surface area contributed by atoms with Crippen molar-refractivity contribution in [2.75, 3.05) is 13.2 Å². The SMILES string of the molecule is Cc1cccc2cc(CN(CC3CCCO3)S(=O)(=O)c3ccc(F)cc3)c(=O)[nH]c12. The van der Waals surface area contributed by atoms with Crippen LogP contribution in [0.1, 0.15) is 24.0 Å². The van der Waals surface area contributed by atoms with Crippen LogP contribution in [-0.4, -0.2) is 37.0 Å². The van der Waals surface area contributed by atoms with E-state index in [1.807, 2.05) is 25.1 Å². The van der Waals surface area contributed by atoms with Gasteiger partial charge in [-0.05, 0) is 61.0 Å². The summed E-state index contributed by atoms with van der Waals surface area (Å²) in [4.78, 5) is 15.6. The van der Waals surface area contributed by atoms with E-state index in [1.54, 1.807) is 6.07 Å². The number of aromatic amines is 1. The lowest BCUT2D eigenvalue weighted by molar-refractivity contribution is 0.0925. The van der Waals surface area contributed by atoms with Gasteiger partial charge in [0.1, 0.15) is 5.82 Å². The number of ether oxygens (including phenoxy) is 1. The van der Waals surface area contributed by atoms with E-state index in [9.17, 15) is 17.6 Å². The van der Waals surface area contributed by atoms with Gasteiger partial charge in [0.25, 0.3) is 5.56 Å². The maximum atomic E-state index is 13.3. The Bertz CT molecular complexity index is 1220.